The molecule has 1 aliphatic heterocycles. The Hall–Kier alpha value is -3.01. The van der Waals surface area contributed by atoms with Crippen molar-refractivity contribution in [2.45, 2.75) is 20.3 Å². The van der Waals surface area contributed by atoms with E-state index in [1.165, 1.54) is 27.1 Å². The minimum absolute atomic E-state index is 0.140. The van der Waals surface area contributed by atoms with Crippen molar-refractivity contribution >= 4 is 45.9 Å². The number of methoxy groups -OCH3 is 1. The zero-order chi connectivity index (χ0) is 23.5. The normalized spacial score (nSPS) is 15.1. The van der Waals surface area contributed by atoms with E-state index in [-0.39, 0.29) is 22.9 Å². The molecule has 2 aromatic heterocycles. The average molecular weight is 482 g/mol. The topological polar surface area (TPSA) is 73.1 Å². The first-order valence-corrected chi connectivity index (χ1v) is 11.6. The van der Waals surface area contributed by atoms with Crippen LogP contribution in [0.3, 0.4) is 0 Å². The molecule has 0 radical (unpaired) electrons. The van der Waals surface area contributed by atoms with Crippen LogP contribution in [-0.4, -0.2) is 44.8 Å². The van der Waals surface area contributed by atoms with E-state index in [0.717, 1.165) is 11.1 Å². The number of ether oxygens (including phenoxy) is 2. The van der Waals surface area contributed by atoms with Crippen molar-refractivity contribution in [1.29, 1.82) is 0 Å². The van der Waals surface area contributed by atoms with Crippen LogP contribution in [0.5, 0.6) is 11.6 Å². The van der Waals surface area contributed by atoms with Crippen LogP contribution in [0.4, 0.5) is 0 Å². The van der Waals surface area contributed by atoms with E-state index in [1.807, 2.05) is 32.0 Å². The van der Waals surface area contributed by atoms with Crippen LogP contribution in [-0.2, 0) is 9.53 Å². The number of hydrogen-bond donors (Lipinski definition) is 0. The van der Waals surface area contributed by atoms with Gasteiger partial charge >= 0.3 is 0 Å². The molecule has 170 valence electrons. The van der Waals surface area contributed by atoms with Crippen LogP contribution in [0.1, 0.15) is 23.1 Å². The number of thioether (sulfide) groups is 1. The summed E-state index contributed by atoms with van der Waals surface area (Å²) < 4.78 is 13.0. The van der Waals surface area contributed by atoms with Crippen LogP contribution in [0.2, 0.25) is 0 Å². The van der Waals surface area contributed by atoms with Gasteiger partial charge in [-0.25, -0.2) is 0 Å². The molecular formula is C24H23N3O4S2. The van der Waals surface area contributed by atoms with Gasteiger partial charge in [0.15, 0.2) is 0 Å². The number of fused-ring (bicyclic) bond motifs is 1. The third kappa shape index (κ3) is 5.00. The molecule has 1 aromatic carbocycles. The van der Waals surface area contributed by atoms with Crippen LogP contribution < -0.4 is 10.3 Å². The molecule has 0 spiro atoms. The van der Waals surface area contributed by atoms with E-state index in [4.69, 9.17) is 21.7 Å². The van der Waals surface area contributed by atoms with Gasteiger partial charge in [0.2, 0.25) is 5.88 Å². The maximum atomic E-state index is 13.4. The van der Waals surface area contributed by atoms with Crippen LogP contribution in [0, 0.1) is 13.8 Å². The van der Waals surface area contributed by atoms with E-state index >= 15 is 0 Å². The van der Waals surface area contributed by atoms with Gasteiger partial charge in [0.1, 0.15) is 21.3 Å². The first-order chi connectivity index (χ1) is 15.9. The first-order valence-electron chi connectivity index (χ1n) is 10.4. The van der Waals surface area contributed by atoms with E-state index in [9.17, 15) is 9.59 Å². The SMILES string of the molecule is COCCCN1C(=O)C(=Cc2c(Oc3cc(C)cc(C)c3)nc3ccccn3c2=O)SC1=S. The number of aromatic nitrogens is 2. The lowest BCUT2D eigenvalue weighted by molar-refractivity contribution is -0.122. The average Bonchev–Trinajstić information content (AvgIpc) is 3.03. The molecule has 0 atom stereocenters. The number of rotatable bonds is 7. The highest BCUT2D eigenvalue weighted by atomic mass is 32.2. The zero-order valence-corrected chi connectivity index (χ0v) is 20.2. The lowest BCUT2D eigenvalue weighted by Crippen LogP contribution is -2.29. The Morgan fingerprint density at radius 3 is 2.64 bits per heavy atom. The predicted molar refractivity (Wildman–Crippen MR) is 134 cm³/mol. The summed E-state index contributed by atoms with van der Waals surface area (Å²) in [4.78, 5) is 32.8. The molecule has 3 heterocycles. The highest BCUT2D eigenvalue weighted by molar-refractivity contribution is 8.26. The summed E-state index contributed by atoms with van der Waals surface area (Å²) in [7, 11) is 1.61. The van der Waals surface area contributed by atoms with E-state index in [2.05, 4.69) is 4.98 Å². The summed E-state index contributed by atoms with van der Waals surface area (Å²) in [5.41, 5.74) is 2.37. The van der Waals surface area contributed by atoms with Gasteiger partial charge in [0, 0.05) is 26.5 Å². The number of nitrogens with zero attached hydrogens (tertiary/aromatic N) is 3. The number of benzene rings is 1. The Morgan fingerprint density at radius 1 is 1.15 bits per heavy atom. The number of pyridine rings is 1. The standard InChI is InChI=1S/C24H23N3O4S2/c1-15-11-16(2)13-17(12-15)31-21-18(22(28)26-8-5-4-7-20(26)25-21)14-19-23(29)27(24(32)33-19)9-6-10-30-3/h4-5,7-8,11-14H,6,9-10H2,1-3H3. The van der Waals surface area contributed by atoms with Gasteiger partial charge in [-0.1, -0.05) is 36.1 Å². The molecule has 1 saturated heterocycles. The summed E-state index contributed by atoms with van der Waals surface area (Å²) in [6.45, 7) is 4.92. The smallest absolute Gasteiger partial charge is 0.269 e. The molecule has 1 fully saturated rings. The van der Waals surface area contributed by atoms with Crippen LogP contribution in [0.15, 0.2) is 52.3 Å². The zero-order valence-electron chi connectivity index (χ0n) is 18.5. The van der Waals surface area contributed by atoms with Crippen molar-refractivity contribution in [3.8, 4) is 11.6 Å². The van der Waals surface area contributed by atoms with Gasteiger partial charge in [-0.05, 0) is 61.7 Å². The Labute approximate surface area is 201 Å². The Morgan fingerprint density at radius 2 is 1.91 bits per heavy atom. The highest BCUT2D eigenvalue weighted by Gasteiger charge is 2.32. The second kappa shape index (κ2) is 9.86. The number of amides is 1. The Bertz CT molecular complexity index is 1310. The quantitative estimate of drug-likeness (QED) is 0.282. The first kappa shape index (κ1) is 23.2. The maximum absolute atomic E-state index is 13.4. The van der Waals surface area contributed by atoms with Gasteiger partial charge in [0.05, 0.1) is 4.91 Å². The Kier molecular flexibility index (Phi) is 6.92. The van der Waals surface area contributed by atoms with Gasteiger partial charge in [-0.15, -0.1) is 0 Å². The molecule has 0 unspecified atom stereocenters. The summed E-state index contributed by atoms with van der Waals surface area (Å²) in [6.07, 6.45) is 3.83. The van der Waals surface area contributed by atoms with Crippen molar-refractivity contribution in [3.63, 3.8) is 0 Å². The molecule has 0 bridgehead atoms. The number of aryl methyl sites for hydroxylation is 2. The lowest BCUT2D eigenvalue weighted by atomic mass is 10.1. The number of carbonyl (C=O) groups excluding carboxylic acids is 1. The minimum atomic E-state index is -0.329. The fraction of sp³-hybridized carbons (Fsp3) is 0.250. The van der Waals surface area contributed by atoms with E-state index < -0.39 is 0 Å². The Balaban J connectivity index is 1.78. The second-order valence-corrected chi connectivity index (χ2v) is 9.35. The van der Waals surface area contributed by atoms with Crippen LogP contribution in [0.25, 0.3) is 11.7 Å². The number of thiocarbonyl (C=S) groups is 1. The molecule has 9 heteroatoms. The largest absolute Gasteiger partial charge is 0.438 e. The minimum Gasteiger partial charge on any atom is -0.438 e. The van der Waals surface area contributed by atoms with Gasteiger partial charge < -0.3 is 9.47 Å². The monoisotopic (exact) mass is 481 g/mol. The lowest BCUT2D eigenvalue weighted by Gasteiger charge is -2.13. The molecular weight excluding hydrogens is 458 g/mol. The fourth-order valence-electron chi connectivity index (χ4n) is 3.58. The van der Waals surface area contributed by atoms with Crippen molar-refractivity contribution in [3.05, 3.63) is 74.5 Å². The van der Waals surface area contributed by atoms with Crippen molar-refractivity contribution in [2.24, 2.45) is 0 Å². The molecule has 0 aliphatic carbocycles. The third-order valence-electron chi connectivity index (χ3n) is 5.02. The van der Waals surface area contributed by atoms with Gasteiger partial charge in [-0.3, -0.25) is 18.9 Å². The van der Waals surface area contributed by atoms with Gasteiger partial charge in [0.25, 0.3) is 11.5 Å². The maximum Gasteiger partial charge on any atom is 0.269 e. The third-order valence-corrected chi connectivity index (χ3v) is 6.40. The molecule has 1 aliphatic rings. The molecule has 0 N–H and O–H groups in total. The fourth-order valence-corrected chi connectivity index (χ4v) is 4.87. The molecule has 4 rings (SSSR count). The molecule has 3 aromatic rings. The number of hydrogen-bond acceptors (Lipinski definition) is 7. The van der Waals surface area contributed by atoms with Crippen molar-refractivity contribution < 1.29 is 14.3 Å². The molecule has 1 amide bonds. The van der Waals surface area contributed by atoms with Crippen molar-refractivity contribution in [1.82, 2.24) is 14.3 Å². The summed E-state index contributed by atoms with van der Waals surface area (Å²) >= 11 is 6.56. The van der Waals surface area contributed by atoms with Crippen LogP contribution >= 0.6 is 24.0 Å². The van der Waals surface area contributed by atoms with Gasteiger partial charge in [-0.2, -0.15) is 4.98 Å². The summed E-state index contributed by atoms with van der Waals surface area (Å²) in [6, 6.07) is 11.1. The highest BCUT2D eigenvalue weighted by Crippen LogP contribution is 2.34. The number of carbonyl (C=O) groups is 1. The predicted octanol–water partition coefficient (Wildman–Crippen LogP) is 4.34. The molecule has 33 heavy (non-hydrogen) atoms. The molecule has 7 nitrogen and oxygen atoms in total. The second-order valence-electron chi connectivity index (χ2n) is 7.67. The molecule has 0 saturated carbocycles. The summed E-state index contributed by atoms with van der Waals surface area (Å²) in [5, 5.41) is 0. The van der Waals surface area contributed by atoms with Crippen molar-refractivity contribution in [2.75, 3.05) is 20.3 Å². The van der Waals surface area contributed by atoms with E-state index in [0.29, 0.717) is 40.2 Å². The van der Waals surface area contributed by atoms with E-state index in [1.54, 1.807) is 31.5 Å². The summed E-state index contributed by atoms with van der Waals surface area (Å²) in [5.74, 6) is 0.471.